The molecule has 0 aliphatic heterocycles. The molecule has 0 aliphatic carbocycles. The Hall–Kier alpha value is -2.33. The molecular weight excluding hydrogens is 300 g/mol. The Balaban J connectivity index is 1.77. The first-order chi connectivity index (χ1) is 11.5. The van der Waals surface area contributed by atoms with Gasteiger partial charge in [0.1, 0.15) is 12.4 Å². The van der Waals surface area contributed by atoms with Crippen LogP contribution < -0.4 is 10.1 Å². The SMILES string of the molecule is Cc1cccc(OCCN(C)CC(=O)Nc2c(C)cccc2C)c1. The summed E-state index contributed by atoms with van der Waals surface area (Å²) in [4.78, 5) is 14.2. The smallest absolute Gasteiger partial charge is 0.238 e. The Morgan fingerprint density at radius 2 is 1.75 bits per heavy atom. The number of anilines is 1. The number of hydrogen-bond acceptors (Lipinski definition) is 3. The van der Waals surface area contributed by atoms with E-state index >= 15 is 0 Å². The topological polar surface area (TPSA) is 41.6 Å². The van der Waals surface area contributed by atoms with Gasteiger partial charge in [-0.3, -0.25) is 9.69 Å². The molecule has 4 heteroatoms. The summed E-state index contributed by atoms with van der Waals surface area (Å²) in [5.41, 5.74) is 4.24. The molecule has 0 aromatic heterocycles. The summed E-state index contributed by atoms with van der Waals surface area (Å²) in [7, 11) is 1.92. The number of carbonyl (C=O) groups excluding carboxylic acids is 1. The number of likely N-dealkylation sites (N-methyl/N-ethyl adjacent to an activating group) is 1. The summed E-state index contributed by atoms with van der Waals surface area (Å²) in [6.45, 7) is 7.62. The molecule has 0 saturated heterocycles. The van der Waals surface area contributed by atoms with Crippen molar-refractivity contribution < 1.29 is 9.53 Å². The van der Waals surface area contributed by atoms with Gasteiger partial charge >= 0.3 is 0 Å². The van der Waals surface area contributed by atoms with Gasteiger partial charge in [0.2, 0.25) is 5.91 Å². The highest BCUT2D eigenvalue weighted by atomic mass is 16.5. The molecule has 1 amide bonds. The number of amides is 1. The minimum absolute atomic E-state index is 0.00884. The Morgan fingerprint density at radius 3 is 2.42 bits per heavy atom. The predicted octanol–water partition coefficient (Wildman–Crippen LogP) is 3.56. The third-order valence-electron chi connectivity index (χ3n) is 3.89. The molecule has 0 radical (unpaired) electrons. The number of nitrogens with zero attached hydrogens (tertiary/aromatic N) is 1. The summed E-state index contributed by atoms with van der Waals surface area (Å²) in [5, 5.41) is 3.00. The molecule has 24 heavy (non-hydrogen) atoms. The van der Waals surface area contributed by atoms with Crippen molar-refractivity contribution in [3.05, 3.63) is 59.2 Å². The zero-order valence-corrected chi connectivity index (χ0v) is 14.9. The van der Waals surface area contributed by atoms with E-state index in [0.717, 1.165) is 22.6 Å². The molecule has 0 unspecified atom stereocenters. The lowest BCUT2D eigenvalue weighted by atomic mass is 10.1. The van der Waals surface area contributed by atoms with Gasteiger partial charge in [-0.15, -0.1) is 0 Å². The molecule has 2 aromatic rings. The molecule has 0 heterocycles. The second kappa shape index (κ2) is 8.50. The van der Waals surface area contributed by atoms with Gasteiger partial charge in [0, 0.05) is 12.2 Å². The first-order valence-electron chi connectivity index (χ1n) is 8.20. The molecule has 2 aromatic carbocycles. The van der Waals surface area contributed by atoms with Crippen molar-refractivity contribution in [2.24, 2.45) is 0 Å². The van der Waals surface area contributed by atoms with Crippen molar-refractivity contribution in [3.63, 3.8) is 0 Å². The molecule has 0 atom stereocenters. The molecule has 0 bridgehead atoms. The van der Waals surface area contributed by atoms with Gasteiger partial charge in [0.05, 0.1) is 6.54 Å². The molecule has 0 fully saturated rings. The summed E-state index contributed by atoms with van der Waals surface area (Å²) in [6.07, 6.45) is 0. The van der Waals surface area contributed by atoms with Crippen LogP contribution in [0.4, 0.5) is 5.69 Å². The molecular formula is C20H26N2O2. The maximum Gasteiger partial charge on any atom is 0.238 e. The van der Waals surface area contributed by atoms with Crippen LogP contribution >= 0.6 is 0 Å². The van der Waals surface area contributed by atoms with Crippen molar-refractivity contribution in [1.29, 1.82) is 0 Å². The van der Waals surface area contributed by atoms with E-state index in [9.17, 15) is 4.79 Å². The number of benzene rings is 2. The summed E-state index contributed by atoms with van der Waals surface area (Å²) < 4.78 is 5.72. The van der Waals surface area contributed by atoms with E-state index in [1.165, 1.54) is 5.56 Å². The van der Waals surface area contributed by atoms with Crippen LogP contribution in [-0.2, 0) is 4.79 Å². The number of carbonyl (C=O) groups is 1. The Labute approximate surface area is 144 Å². The van der Waals surface area contributed by atoms with Crippen molar-refractivity contribution in [3.8, 4) is 5.75 Å². The van der Waals surface area contributed by atoms with Crippen LogP contribution in [0.5, 0.6) is 5.75 Å². The van der Waals surface area contributed by atoms with E-state index in [0.29, 0.717) is 19.7 Å². The van der Waals surface area contributed by atoms with Crippen LogP contribution in [0.25, 0.3) is 0 Å². The van der Waals surface area contributed by atoms with Gasteiger partial charge in [-0.1, -0.05) is 30.3 Å². The minimum Gasteiger partial charge on any atom is -0.492 e. The lowest BCUT2D eigenvalue weighted by Gasteiger charge is -2.18. The molecule has 0 aliphatic rings. The zero-order valence-electron chi connectivity index (χ0n) is 14.9. The van der Waals surface area contributed by atoms with Gasteiger partial charge in [0.25, 0.3) is 0 Å². The second-order valence-corrected chi connectivity index (χ2v) is 6.22. The maximum absolute atomic E-state index is 12.2. The molecule has 0 saturated carbocycles. The lowest BCUT2D eigenvalue weighted by molar-refractivity contribution is -0.117. The van der Waals surface area contributed by atoms with Crippen LogP contribution in [0.2, 0.25) is 0 Å². The van der Waals surface area contributed by atoms with Gasteiger partial charge in [0.15, 0.2) is 0 Å². The van der Waals surface area contributed by atoms with E-state index in [1.807, 2.05) is 75.2 Å². The van der Waals surface area contributed by atoms with Crippen molar-refractivity contribution >= 4 is 11.6 Å². The lowest BCUT2D eigenvalue weighted by Crippen LogP contribution is -2.33. The van der Waals surface area contributed by atoms with E-state index in [-0.39, 0.29) is 5.91 Å². The van der Waals surface area contributed by atoms with Crippen LogP contribution in [0.1, 0.15) is 16.7 Å². The third-order valence-corrected chi connectivity index (χ3v) is 3.89. The van der Waals surface area contributed by atoms with E-state index < -0.39 is 0 Å². The molecule has 2 rings (SSSR count). The maximum atomic E-state index is 12.2. The standard InChI is InChI=1S/C20H26N2O2/c1-15-7-5-10-18(13-15)24-12-11-22(4)14-19(23)21-20-16(2)8-6-9-17(20)3/h5-10,13H,11-12,14H2,1-4H3,(H,21,23). The van der Waals surface area contributed by atoms with Gasteiger partial charge in [-0.05, 0) is 56.6 Å². The molecule has 4 nitrogen and oxygen atoms in total. The normalized spacial score (nSPS) is 10.7. The molecule has 0 spiro atoms. The van der Waals surface area contributed by atoms with Crippen molar-refractivity contribution in [2.75, 3.05) is 32.1 Å². The van der Waals surface area contributed by atoms with Gasteiger partial charge < -0.3 is 10.1 Å². The highest BCUT2D eigenvalue weighted by molar-refractivity contribution is 5.93. The number of nitrogens with one attached hydrogen (secondary N) is 1. The summed E-state index contributed by atoms with van der Waals surface area (Å²) in [5.74, 6) is 0.855. The highest BCUT2D eigenvalue weighted by Gasteiger charge is 2.10. The quantitative estimate of drug-likeness (QED) is 0.846. The monoisotopic (exact) mass is 326 g/mol. The largest absolute Gasteiger partial charge is 0.492 e. The number of ether oxygens (including phenoxy) is 1. The number of para-hydroxylation sites is 1. The van der Waals surface area contributed by atoms with Crippen molar-refractivity contribution in [1.82, 2.24) is 4.90 Å². The first-order valence-corrected chi connectivity index (χ1v) is 8.20. The van der Waals surface area contributed by atoms with Crippen LogP contribution in [0.3, 0.4) is 0 Å². The second-order valence-electron chi connectivity index (χ2n) is 6.22. The average Bonchev–Trinajstić information content (AvgIpc) is 2.51. The summed E-state index contributed by atoms with van der Waals surface area (Å²) in [6, 6.07) is 14.0. The predicted molar refractivity (Wildman–Crippen MR) is 98.7 cm³/mol. The fraction of sp³-hybridized carbons (Fsp3) is 0.350. The third kappa shape index (κ3) is 5.39. The van der Waals surface area contributed by atoms with E-state index in [4.69, 9.17) is 4.74 Å². The molecule has 128 valence electrons. The number of aryl methyl sites for hydroxylation is 3. The molecule has 1 N–H and O–H groups in total. The van der Waals surface area contributed by atoms with Crippen LogP contribution in [0, 0.1) is 20.8 Å². The fourth-order valence-electron chi connectivity index (χ4n) is 2.54. The minimum atomic E-state index is -0.00884. The van der Waals surface area contributed by atoms with E-state index in [2.05, 4.69) is 5.32 Å². The van der Waals surface area contributed by atoms with Crippen LogP contribution in [-0.4, -0.2) is 37.6 Å². The fourth-order valence-corrected chi connectivity index (χ4v) is 2.54. The first kappa shape index (κ1) is 18.0. The van der Waals surface area contributed by atoms with Crippen molar-refractivity contribution in [2.45, 2.75) is 20.8 Å². The van der Waals surface area contributed by atoms with Crippen LogP contribution in [0.15, 0.2) is 42.5 Å². The highest BCUT2D eigenvalue weighted by Crippen LogP contribution is 2.19. The Morgan fingerprint density at radius 1 is 1.08 bits per heavy atom. The van der Waals surface area contributed by atoms with Gasteiger partial charge in [-0.2, -0.15) is 0 Å². The summed E-state index contributed by atoms with van der Waals surface area (Å²) >= 11 is 0. The van der Waals surface area contributed by atoms with E-state index in [1.54, 1.807) is 0 Å². The zero-order chi connectivity index (χ0) is 17.5. The number of rotatable bonds is 7. The Bertz CT molecular complexity index is 678. The number of hydrogen-bond donors (Lipinski definition) is 1. The van der Waals surface area contributed by atoms with Gasteiger partial charge in [-0.25, -0.2) is 0 Å². The average molecular weight is 326 g/mol. The Kier molecular flexibility index (Phi) is 6.38.